The highest BCUT2D eigenvalue weighted by Gasteiger charge is 2.34. The minimum atomic E-state index is -0.275. The Morgan fingerprint density at radius 3 is 3.05 bits per heavy atom. The van der Waals surface area contributed by atoms with E-state index in [4.69, 9.17) is 4.42 Å². The molecule has 2 aromatic heterocycles. The Balaban J connectivity index is 1.53. The number of rotatable bonds is 5. The minimum Gasteiger partial charge on any atom is -0.467 e. The number of nitrogens with one attached hydrogen (secondary N) is 1. The van der Waals surface area contributed by atoms with Crippen LogP contribution in [0.15, 0.2) is 34.3 Å². The van der Waals surface area contributed by atoms with Crippen LogP contribution in [0.5, 0.6) is 0 Å². The Hall–Kier alpha value is -2.08. The van der Waals surface area contributed by atoms with E-state index in [0.717, 1.165) is 10.6 Å². The first-order chi connectivity index (χ1) is 10.6. The molecule has 1 N–H and O–H groups in total. The van der Waals surface area contributed by atoms with Crippen molar-refractivity contribution >= 4 is 23.2 Å². The summed E-state index contributed by atoms with van der Waals surface area (Å²) in [6.07, 6.45) is 1.86. The van der Waals surface area contributed by atoms with Gasteiger partial charge in [-0.1, -0.05) is 0 Å². The van der Waals surface area contributed by atoms with Gasteiger partial charge in [-0.2, -0.15) is 0 Å². The van der Waals surface area contributed by atoms with Crippen molar-refractivity contribution in [2.45, 2.75) is 26.4 Å². The van der Waals surface area contributed by atoms with Crippen LogP contribution in [-0.2, 0) is 22.7 Å². The number of thiophene rings is 1. The number of furan rings is 1. The van der Waals surface area contributed by atoms with Crippen LogP contribution in [0, 0.1) is 12.8 Å². The lowest BCUT2D eigenvalue weighted by molar-refractivity contribution is -0.129. The Morgan fingerprint density at radius 2 is 2.36 bits per heavy atom. The third kappa shape index (κ3) is 3.22. The lowest BCUT2D eigenvalue weighted by atomic mass is 10.1. The standard InChI is InChI=1S/C16H18N2O3S/c1-11-4-6-22-14(11)8-17-16(20)12-7-15(19)18(9-12)10-13-3-2-5-21-13/h2-6,12H,7-10H2,1H3,(H,17,20). The van der Waals surface area contributed by atoms with E-state index in [1.807, 2.05) is 24.4 Å². The molecule has 1 aliphatic heterocycles. The molecule has 1 fully saturated rings. The minimum absolute atomic E-state index is 0.00357. The first-order valence-electron chi connectivity index (χ1n) is 7.24. The maximum atomic E-state index is 12.2. The topological polar surface area (TPSA) is 62.6 Å². The van der Waals surface area contributed by atoms with Gasteiger partial charge >= 0.3 is 0 Å². The monoisotopic (exact) mass is 318 g/mol. The van der Waals surface area contributed by atoms with Gasteiger partial charge < -0.3 is 14.6 Å². The van der Waals surface area contributed by atoms with E-state index in [0.29, 0.717) is 19.6 Å². The molecule has 0 bridgehead atoms. The highest BCUT2D eigenvalue weighted by atomic mass is 32.1. The molecule has 6 heteroatoms. The number of likely N-dealkylation sites (tertiary alicyclic amines) is 1. The van der Waals surface area contributed by atoms with Gasteiger partial charge in [0.1, 0.15) is 5.76 Å². The molecule has 0 spiro atoms. The zero-order chi connectivity index (χ0) is 15.5. The summed E-state index contributed by atoms with van der Waals surface area (Å²) < 4.78 is 5.26. The fourth-order valence-corrected chi connectivity index (χ4v) is 3.43. The van der Waals surface area contributed by atoms with E-state index in [1.165, 1.54) is 5.56 Å². The van der Waals surface area contributed by atoms with Gasteiger partial charge in [-0.3, -0.25) is 9.59 Å². The third-order valence-electron chi connectivity index (χ3n) is 3.90. The van der Waals surface area contributed by atoms with Crippen LogP contribution in [-0.4, -0.2) is 23.3 Å². The Morgan fingerprint density at radius 1 is 1.50 bits per heavy atom. The average Bonchev–Trinajstić information content (AvgIpc) is 3.21. The second kappa shape index (κ2) is 6.36. The van der Waals surface area contributed by atoms with Crippen molar-refractivity contribution in [3.05, 3.63) is 46.0 Å². The molecule has 1 unspecified atom stereocenters. The first-order valence-corrected chi connectivity index (χ1v) is 8.12. The Kier molecular flexibility index (Phi) is 4.29. The molecule has 0 aliphatic carbocycles. The number of aryl methyl sites for hydroxylation is 1. The largest absolute Gasteiger partial charge is 0.467 e. The van der Waals surface area contributed by atoms with Gasteiger partial charge in [0.15, 0.2) is 0 Å². The summed E-state index contributed by atoms with van der Waals surface area (Å²) in [5, 5.41) is 4.95. The number of carbonyl (C=O) groups excluding carboxylic acids is 2. The van der Waals surface area contributed by atoms with Crippen molar-refractivity contribution < 1.29 is 14.0 Å². The summed E-state index contributed by atoms with van der Waals surface area (Å²) in [6.45, 7) is 3.45. The molecule has 1 saturated heterocycles. The molecule has 2 aromatic rings. The van der Waals surface area contributed by atoms with Gasteiger partial charge in [0.25, 0.3) is 0 Å². The van der Waals surface area contributed by atoms with Gasteiger partial charge in [0.05, 0.1) is 25.3 Å². The number of nitrogens with zero attached hydrogens (tertiary/aromatic N) is 1. The average molecular weight is 318 g/mol. The van der Waals surface area contributed by atoms with Gasteiger partial charge in [-0.15, -0.1) is 11.3 Å². The smallest absolute Gasteiger partial charge is 0.225 e. The summed E-state index contributed by atoms with van der Waals surface area (Å²) in [5.41, 5.74) is 1.19. The Bertz CT molecular complexity index is 663. The lowest BCUT2D eigenvalue weighted by Gasteiger charge is -2.15. The quantitative estimate of drug-likeness (QED) is 0.920. The fourth-order valence-electron chi connectivity index (χ4n) is 2.59. The molecular weight excluding hydrogens is 300 g/mol. The molecule has 3 rings (SSSR count). The van der Waals surface area contributed by atoms with Crippen LogP contribution in [0.25, 0.3) is 0 Å². The zero-order valence-corrected chi connectivity index (χ0v) is 13.2. The molecule has 2 amide bonds. The number of hydrogen-bond donors (Lipinski definition) is 1. The number of hydrogen-bond acceptors (Lipinski definition) is 4. The van der Waals surface area contributed by atoms with Crippen molar-refractivity contribution in [2.24, 2.45) is 5.92 Å². The third-order valence-corrected chi connectivity index (χ3v) is 4.93. The number of amides is 2. The van der Waals surface area contributed by atoms with Crippen molar-refractivity contribution in [3.63, 3.8) is 0 Å². The molecule has 3 heterocycles. The van der Waals surface area contributed by atoms with Crippen molar-refractivity contribution in [1.29, 1.82) is 0 Å². The molecule has 116 valence electrons. The van der Waals surface area contributed by atoms with Gasteiger partial charge in [0.2, 0.25) is 11.8 Å². The molecule has 0 saturated carbocycles. The molecule has 22 heavy (non-hydrogen) atoms. The lowest BCUT2D eigenvalue weighted by Crippen LogP contribution is -2.32. The van der Waals surface area contributed by atoms with E-state index in [2.05, 4.69) is 5.32 Å². The van der Waals surface area contributed by atoms with Gasteiger partial charge in [-0.05, 0) is 36.1 Å². The predicted octanol–water partition coefficient (Wildman–Crippen LogP) is 2.31. The van der Waals surface area contributed by atoms with E-state index in [1.54, 1.807) is 28.6 Å². The first kappa shape index (κ1) is 14.8. The number of carbonyl (C=O) groups is 2. The maximum absolute atomic E-state index is 12.2. The SMILES string of the molecule is Cc1ccsc1CNC(=O)C1CC(=O)N(Cc2ccco2)C1. The Labute approximate surface area is 132 Å². The zero-order valence-electron chi connectivity index (χ0n) is 12.4. The van der Waals surface area contributed by atoms with Gasteiger partial charge in [0, 0.05) is 17.8 Å². The molecule has 0 radical (unpaired) electrons. The second-order valence-corrected chi connectivity index (χ2v) is 6.50. The van der Waals surface area contributed by atoms with Crippen LogP contribution in [0.4, 0.5) is 0 Å². The van der Waals surface area contributed by atoms with Crippen LogP contribution in [0.3, 0.4) is 0 Å². The van der Waals surface area contributed by atoms with Crippen LogP contribution in [0.1, 0.15) is 22.6 Å². The normalized spacial score (nSPS) is 18.0. The van der Waals surface area contributed by atoms with Crippen LogP contribution in [0.2, 0.25) is 0 Å². The van der Waals surface area contributed by atoms with Crippen molar-refractivity contribution in [3.8, 4) is 0 Å². The molecule has 1 atom stereocenters. The highest BCUT2D eigenvalue weighted by Crippen LogP contribution is 2.21. The van der Waals surface area contributed by atoms with E-state index in [9.17, 15) is 9.59 Å². The second-order valence-electron chi connectivity index (χ2n) is 5.50. The highest BCUT2D eigenvalue weighted by molar-refractivity contribution is 7.10. The van der Waals surface area contributed by atoms with Crippen molar-refractivity contribution in [1.82, 2.24) is 10.2 Å². The predicted molar refractivity (Wildman–Crippen MR) is 83.1 cm³/mol. The molecule has 0 aromatic carbocycles. The summed E-state index contributed by atoms with van der Waals surface area (Å²) in [5.74, 6) is 0.415. The van der Waals surface area contributed by atoms with Crippen molar-refractivity contribution in [2.75, 3.05) is 6.54 Å². The van der Waals surface area contributed by atoms with Crippen LogP contribution >= 0.6 is 11.3 Å². The van der Waals surface area contributed by atoms with Crippen LogP contribution < -0.4 is 5.32 Å². The molecular formula is C16H18N2O3S. The summed E-state index contributed by atoms with van der Waals surface area (Å²) >= 11 is 1.63. The summed E-state index contributed by atoms with van der Waals surface area (Å²) in [7, 11) is 0. The molecule has 5 nitrogen and oxygen atoms in total. The summed E-state index contributed by atoms with van der Waals surface area (Å²) in [4.78, 5) is 27.1. The summed E-state index contributed by atoms with van der Waals surface area (Å²) in [6, 6.07) is 5.67. The molecule has 1 aliphatic rings. The van der Waals surface area contributed by atoms with E-state index >= 15 is 0 Å². The maximum Gasteiger partial charge on any atom is 0.225 e. The van der Waals surface area contributed by atoms with Gasteiger partial charge in [-0.25, -0.2) is 0 Å². The van der Waals surface area contributed by atoms with E-state index in [-0.39, 0.29) is 24.2 Å². The van der Waals surface area contributed by atoms with E-state index < -0.39 is 0 Å². The fraction of sp³-hybridized carbons (Fsp3) is 0.375.